The number of anilines is 1. The second-order valence-electron chi connectivity index (χ2n) is 4.78. The van der Waals surface area contributed by atoms with Crippen LogP contribution in [0.2, 0.25) is 5.02 Å². The Morgan fingerprint density at radius 3 is 2.35 bits per heavy atom. The Labute approximate surface area is 122 Å². The summed E-state index contributed by atoms with van der Waals surface area (Å²) >= 11 is 5.69. The third-order valence-corrected chi connectivity index (χ3v) is 3.31. The molecule has 0 unspecified atom stereocenters. The van der Waals surface area contributed by atoms with E-state index in [4.69, 9.17) is 11.6 Å². The number of hydrogen-bond acceptors (Lipinski definition) is 2. The van der Waals surface area contributed by atoms with Crippen molar-refractivity contribution in [3.05, 3.63) is 64.4 Å². The summed E-state index contributed by atoms with van der Waals surface area (Å²) in [5.74, 6) is -0.563. The minimum atomic E-state index is -0.448. The van der Waals surface area contributed by atoms with E-state index in [1.807, 2.05) is 31.1 Å². The Hall–Kier alpha value is -1.87. The van der Waals surface area contributed by atoms with Crippen LogP contribution in [0.3, 0.4) is 0 Å². The SMILES string of the molecule is CN(C)c1ccc(C(=O)Cc2ccc(Cl)cc2F)cc1. The average Bonchev–Trinajstić information content (AvgIpc) is 2.42. The van der Waals surface area contributed by atoms with Crippen LogP contribution in [0.15, 0.2) is 42.5 Å². The fourth-order valence-corrected chi connectivity index (χ4v) is 2.04. The summed E-state index contributed by atoms with van der Waals surface area (Å²) in [5, 5.41) is 0.328. The van der Waals surface area contributed by atoms with Crippen LogP contribution in [0, 0.1) is 5.82 Å². The predicted octanol–water partition coefficient (Wildman–Crippen LogP) is 3.97. The molecule has 0 aliphatic rings. The molecule has 0 heterocycles. The molecule has 2 aromatic carbocycles. The Morgan fingerprint density at radius 1 is 1.15 bits per heavy atom. The van der Waals surface area contributed by atoms with E-state index in [1.165, 1.54) is 6.07 Å². The molecular formula is C16H15ClFNO. The first-order chi connectivity index (χ1) is 9.47. The van der Waals surface area contributed by atoms with E-state index in [-0.39, 0.29) is 12.2 Å². The van der Waals surface area contributed by atoms with Gasteiger partial charge in [-0.15, -0.1) is 0 Å². The van der Waals surface area contributed by atoms with Crippen LogP contribution in [0.25, 0.3) is 0 Å². The summed E-state index contributed by atoms with van der Waals surface area (Å²) in [4.78, 5) is 14.1. The molecule has 2 nitrogen and oxygen atoms in total. The molecule has 0 aliphatic carbocycles. The van der Waals surface area contributed by atoms with Gasteiger partial charge >= 0.3 is 0 Å². The van der Waals surface area contributed by atoms with Crippen molar-refractivity contribution >= 4 is 23.1 Å². The molecule has 0 spiro atoms. The fourth-order valence-electron chi connectivity index (χ4n) is 1.89. The molecule has 4 heteroatoms. The number of hydrogen-bond donors (Lipinski definition) is 0. The highest BCUT2D eigenvalue weighted by molar-refractivity contribution is 6.30. The van der Waals surface area contributed by atoms with Gasteiger partial charge in [0.2, 0.25) is 0 Å². The Bertz CT molecular complexity index is 623. The van der Waals surface area contributed by atoms with Gasteiger partial charge in [-0.25, -0.2) is 4.39 Å². The maximum absolute atomic E-state index is 13.7. The van der Waals surface area contributed by atoms with Crippen molar-refractivity contribution in [3.63, 3.8) is 0 Å². The molecule has 104 valence electrons. The first-order valence-corrected chi connectivity index (χ1v) is 6.59. The maximum Gasteiger partial charge on any atom is 0.167 e. The van der Waals surface area contributed by atoms with Gasteiger partial charge in [0, 0.05) is 36.8 Å². The highest BCUT2D eigenvalue weighted by Crippen LogP contribution is 2.18. The van der Waals surface area contributed by atoms with E-state index >= 15 is 0 Å². The second-order valence-corrected chi connectivity index (χ2v) is 5.21. The summed E-state index contributed by atoms with van der Waals surface area (Å²) < 4.78 is 13.7. The number of halogens is 2. The molecule has 0 saturated heterocycles. The molecule has 0 saturated carbocycles. The van der Waals surface area contributed by atoms with E-state index in [9.17, 15) is 9.18 Å². The number of carbonyl (C=O) groups is 1. The van der Waals surface area contributed by atoms with E-state index in [2.05, 4.69) is 0 Å². The smallest absolute Gasteiger partial charge is 0.167 e. The number of nitrogens with zero attached hydrogens (tertiary/aromatic N) is 1. The van der Waals surface area contributed by atoms with Crippen LogP contribution in [0.4, 0.5) is 10.1 Å². The molecule has 0 fully saturated rings. The van der Waals surface area contributed by atoms with Gasteiger partial charge in [-0.05, 0) is 42.0 Å². The van der Waals surface area contributed by atoms with Crippen molar-refractivity contribution < 1.29 is 9.18 Å². The van der Waals surface area contributed by atoms with Gasteiger partial charge in [0.15, 0.2) is 5.78 Å². The molecule has 0 aliphatic heterocycles. The number of carbonyl (C=O) groups excluding carboxylic acids is 1. The summed E-state index contributed by atoms with van der Waals surface area (Å²) in [6, 6.07) is 11.6. The van der Waals surface area contributed by atoms with Gasteiger partial charge in [0.05, 0.1) is 0 Å². The zero-order valence-electron chi connectivity index (χ0n) is 11.4. The zero-order chi connectivity index (χ0) is 14.7. The van der Waals surface area contributed by atoms with Crippen LogP contribution in [0.1, 0.15) is 15.9 Å². The molecule has 0 atom stereocenters. The minimum absolute atomic E-state index is 0.0321. The summed E-state index contributed by atoms with van der Waals surface area (Å²) in [6.07, 6.45) is 0.0321. The Balaban J connectivity index is 2.15. The topological polar surface area (TPSA) is 20.3 Å². The van der Waals surface area contributed by atoms with Gasteiger partial charge in [0.1, 0.15) is 5.82 Å². The molecule has 20 heavy (non-hydrogen) atoms. The Kier molecular flexibility index (Phi) is 4.40. The first kappa shape index (κ1) is 14.5. The van der Waals surface area contributed by atoms with E-state index in [0.29, 0.717) is 16.1 Å². The van der Waals surface area contributed by atoms with Crippen molar-refractivity contribution in [3.8, 4) is 0 Å². The summed E-state index contributed by atoms with van der Waals surface area (Å²) in [7, 11) is 3.86. The lowest BCUT2D eigenvalue weighted by molar-refractivity contribution is 0.0992. The van der Waals surface area contributed by atoms with Gasteiger partial charge in [-0.2, -0.15) is 0 Å². The van der Waals surface area contributed by atoms with Crippen molar-refractivity contribution in [2.45, 2.75) is 6.42 Å². The summed E-state index contributed by atoms with van der Waals surface area (Å²) in [6.45, 7) is 0. The number of ketones is 1. The quantitative estimate of drug-likeness (QED) is 0.795. The monoisotopic (exact) mass is 291 g/mol. The van der Waals surface area contributed by atoms with Gasteiger partial charge in [-0.3, -0.25) is 4.79 Å². The highest BCUT2D eigenvalue weighted by atomic mass is 35.5. The molecule has 0 amide bonds. The first-order valence-electron chi connectivity index (χ1n) is 6.22. The van der Waals surface area contributed by atoms with E-state index in [0.717, 1.165) is 5.69 Å². The lowest BCUT2D eigenvalue weighted by Gasteiger charge is -2.12. The van der Waals surface area contributed by atoms with Crippen LogP contribution < -0.4 is 4.90 Å². The largest absolute Gasteiger partial charge is 0.378 e. The van der Waals surface area contributed by atoms with Crippen LogP contribution in [-0.4, -0.2) is 19.9 Å². The van der Waals surface area contributed by atoms with Gasteiger partial charge in [0.25, 0.3) is 0 Å². The normalized spacial score (nSPS) is 10.4. The third-order valence-electron chi connectivity index (χ3n) is 3.07. The number of rotatable bonds is 4. The second kappa shape index (κ2) is 6.06. The average molecular weight is 292 g/mol. The molecule has 2 rings (SSSR count). The minimum Gasteiger partial charge on any atom is -0.378 e. The van der Waals surface area contributed by atoms with Gasteiger partial charge < -0.3 is 4.90 Å². The van der Waals surface area contributed by atoms with Crippen LogP contribution in [-0.2, 0) is 6.42 Å². The van der Waals surface area contributed by atoms with E-state index < -0.39 is 5.82 Å². The van der Waals surface area contributed by atoms with Crippen molar-refractivity contribution in [2.75, 3.05) is 19.0 Å². The molecular weight excluding hydrogens is 277 g/mol. The molecule has 2 aromatic rings. The van der Waals surface area contributed by atoms with Gasteiger partial charge in [-0.1, -0.05) is 17.7 Å². The lowest BCUT2D eigenvalue weighted by atomic mass is 10.0. The van der Waals surface area contributed by atoms with Crippen LogP contribution >= 0.6 is 11.6 Å². The Morgan fingerprint density at radius 2 is 1.80 bits per heavy atom. The molecule has 0 N–H and O–H groups in total. The van der Waals surface area contributed by atoms with Crippen LogP contribution in [0.5, 0.6) is 0 Å². The summed E-state index contributed by atoms with van der Waals surface area (Å²) in [5.41, 5.74) is 1.94. The number of Topliss-reactive ketones (excluding diaryl/α,β-unsaturated/α-hetero) is 1. The van der Waals surface area contributed by atoms with E-state index in [1.54, 1.807) is 24.3 Å². The fraction of sp³-hybridized carbons (Fsp3) is 0.188. The number of benzene rings is 2. The van der Waals surface area contributed by atoms with Crippen molar-refractivity contribution in [1.82, 2.24) is 0 Å². The van der Waals surface area contributed by atoms with Crippen molar-refractivity contribution in [1.29, 1.82) is 0 Å². The molecule has 0 radical (unpaired) electrons. The third kappa shape index (κ3) is 3.36. The maximum atomic E-state index is 13.7. The highest BCUT2D eigenvalue weighted by Gasteiger charge is 2.11. The molecule has 0 aromatic heterocycles. The molecule has 0 bridgehead atoms. The predicted molar refractivity (Wildman–Crippen MR) is 80.2 cm³/mol. The lowest BCUT2D eigenvalue weighted by Crippen LogP contribution is -2.09. The zero-order valence-corrected chi connectivity index (χ0v) is 12.1. The van der Waals surface area contributed by atoms with Crippen molar-refractivity contribution in [2.24, 2.45) is 0 Å². The standard InChI is InChI=1S/C16H15ClFNO/c1-19(2)14-7-4-11(5-8-14)16(20)9-12-3-6-13(17)10-15(12)18/h3-8,10H,9H2,1-2H3.